The van der Waals surface area contributed by atoms with Gasteiger partial charge in [0.25, 0.3) is 0 Å². The van der Waals surface area contributed by atoms with Gasteiger partial charge in [-0.1, -0.05) is 18.7 Å². The number of aliphatic hydroxyl groups excluding tert-OH is 1. The van der Waals surface area contributed by atoms with Gasteiger partial charge in [0.2, 0.25) is 11.9 Å². The van der Waals surface area contributed by atoms with E-state index in [2.05, 4.69) is 48.4 Å². The van der Waals surface area contributed by atoms with Gasteiger partial charge in [-0.15, -0.1) is 0 Å². The number of rotatable bonds is 12. The van der Waals surface area contributed by atoms with E-state index in [1.165, 1.54) is 12.3 Å². The van der Waals surface area contributed by atoms with Gasteiger partial charge >= 0.3 is 0 Å². The molecule has 1 aliphatic rings. The van der Waals surface area contributed by atoms with E-state index in [0.717, 1.165) is 31.6 Å². The van der Waals surface area contributed by atoms with Crippen LogP contribution in [0.15, 0.2) is 61.3 Å². The lowest BCUT2D eigenvalue weighted by Gasteiger charge is -2.38. The number of likely N-dealkylation sites (N-methyl/N-ethyl adjacent to an activating group) is 1. The molecule has 0 bridgehead atoms. The van der Waals surface area contributed by atoms with Crippen LogP contribution in [0.2, 0.25) is 0 Å². The molecule has 2 aromatic carbocycles. The maximum Gasteiger partial charge on any atom is 0.247 e. The Bertz CT molecular complexity index is 1430. The van der Waals surface area contributed by atoms with Gasteiger partial charge in [0.15, 0.2) is 5.82 Å². The van der Waals surface area contributed by atoms with E-state index >= 15 is 0 Å². The topological polar surface area (TPSA) is 139 Å². The Labute approximate surface area is 246 Å². The number of amides is 1. The lowest BCUT2D eigenvalue weighted by Crippen LogP contribution is -2.44. The molecule has 0 unspecified atom stereocenters. The average Bonchev–Trinajstić information content (AvgIpc) is 2.99. The summed E-state index contributed by atoms with van der Waals surface area (Å²) in [5.74, 6) is 0.855. The summed E-state index contributed by atoms with van der Waals surface area (Å²) in [6.07, 6.45) is 4.58. The molecule has 4 rings (SSSR count). The minimum absolute atomic E-state index is 0.0304. The fourth-order valence-electron chi connectivity index (χ4n) is 4.82. The van der Waals surface area contributed by atoms with E-state index in [9.17, 15) is 15.2 Å². The highest BCUT2D eigenvalue weighted by Crippen LogP contribution is 2.33. The van der Waals surface area contributed by atoms with Gasteiger partial charge in [0.1, 0.15) is 17.4 Å². The molecule has 3 aromatic rings. The summed E-state index contributed by atoms with van der Waals surface area (Å²) < 4.78 is 5.90. The largest absolute Gasteiger partial charge is 0.489 e. The first kappa shape index (κ1) is 30.3. The summed E-state index contributed by atoms with van der Waals surface area (Å²) in [4.78, 5) is 25.7. The van der Waals surface area contributed by atoms with Gasteiger partial charge in [0, 0.05) is 31.4 Å². The van der Waals surface area contributed by atoms with Crippen molar-refractivity contribution in [3.05, 3.63) is 66.9 Å². The third-order valence-corrected chi connectivity index (χ3v) is 7.01. The number of aliphatic hydroxyl groups is 1. The number of carbonyl (C=O) groups is 1. The molecule has 0 spiro atoms. The lowest BCUT2D eigenvalue weighted by molar-refractivity contribution is -0.111. The van der Waals surface area contributed by atoms with Crippen molar-refractivity contribution in [1.29, 1.82) is 5.26 Å². The zero-order valence-corrected chi connectivity index (χ0v) is 24.3. The summed E-state index contributed by atoms with van der Waals surface area (Å²) in [7, 11) is 2.05. The number of nitriles is 1. The Hall–Kier alpha value is -4.66. The van der Waals surface area contributed by atoms with Crippen LogP contribution in [0.25, 0.3) is 0 Å². The second-order valence-corrected chi connectivity index (χ2v) is 10.3. The number of nitrogens with one attached hydrogen (secondary N) is 3. The van der Waals surface area contributed by atoms with Crippen LogP contribution in [0, 0.1) is 11.3 Å². The monoisotopic (exact) mass is 570 g/mol. The summed E-state index contributed by atoms with van der Waals surface area (Å²) in [5.41, 5.74) is 3.05. The summed E-state index contributed by atoms with van der Waals surface area (Å²) >= 11 is 0. The molecule has 11 nitrogen and oxygen atoms in total. The van der Waals surface area contributed by atoms with Crippen molar-refractivity contribution < 1.29 is 14.6 Å². The van der Waals surface area contributed by atoms with Gasteiger partial charge in [-0.25, -0.2) is 4.98 Å². The number of carbonyl (C=O) groups excluding carboxylic acids is 1. The van der Waals surface area contributed by atoms with Gasteiger partial charge in [0.05, 0.1) is 36.0 Å². The molecule has 42 heavy (non-hydrogen) atoms. The maximum atomic E-state index is 12.3. The van der Waals surface area contributed by atoms with Crippen molar-refractivity contribution in [2.45, 2.75) is 38.8 Å². The van der Waals surface area contributed by atoms with Crippen molar-refractivity contribution in [3.8, 4) is 11.8 Å². The van der Waals surface area contributed by atoms with Gasteiger partial charge in [-0.3, -0.25) is 4.79 Å². The standard InChI is InChI=1S/C31H38N8O3/c1-5-29(41)34-27-18-24(39-14-12-23(13-15-39)38(4)16-17-40)10-11-25(27)36-31-33-20-22(19-32)30(37-31)35-26-8-6-7-9-28(26)42-21(2)3/h5-11,18,20-21,23,40H,1,12-17H2,2-4H3,(H,34,41)(H2,33,35,36,37). The van der Waals surface area contributed by atoms with Gasteiger partial charge in [-0.2, -0.15) is 10.2 Å². The molecule has 0 aliphatic carbocycles. The number of nitrogens with zero attached hydrogens (tertiary/aromatic N) is 5. The van der Waals surface area contributed by atoms with Crippen LogP contribution in [-0.4, -0.2) is 71.3 Å². The van der Waals surface area contributed by atoms with Crippen molar-refractivity contribution in [2.75, 3.05) is 54.1 Å². The van der Waals surface area contributed by atoms with Crippen molar-refractivity contribution >= 4 is 40.4 Å². The van der Waals surface area contributed by atoms with E-state index in [1.807, 2.05) is 63.4 Å². The van der Waals surface area contributed by atoms with Crippen LogP contribution in [-0.2, 0) is 4.79 Å². The van der Waals surface area contributed by atoms with E-state index in [1.54, 1.807) is 0 Å². The molecule has 1 fully saturated rings. The number of benzene rings is 2. The second-order valence-electron chi connectivity index (χ2n) is 10.3. The van der Waals surface area contributed by atoms with E-state index in [4.69, 9.17) is 4.74 Å². The molecule has 220 valence electrons. The zero-order valence-electron chi connectivity index (χ0n) is 24.3. The third-order valence-electron chi connectivity index (χ3n) is 7.01. The maximum absolute atomic E-state index is 12.3. The fraction of sp³-hybridized carbons (Fsp3) is 0.355. The number of piperidine rings is 1. The first-order chi connectivity index (χ1) is 20.3. The van der Waals surface area contributed by atoms with Crippen LogP contribution in [0.4, 0.5) is 34.5 Å². The molecule has 1 aliphatic heterocycles. The van der Waals surface area contributed by atoms with Crippen molar-refractivity contribution in [1.82, 2.24) is 14.9 Å². The van der Waals surface area contributed by atoms with Crippen molar-refractivity contribution in [2.24, 2.45) is 0 Å². The first-order valence-electron chi connectivity index (χ1n) is 14.0. The Balaban J connectivity index is 1.57. The number of hydrogen-bond acceptors (Lipinski definition) is 10. The van der Waals surface area contributed by atoms with E-state index in [-0.39, 0.29) is 30.1 Å². The number of aromatic nitrogens is 2. The molecule has 0 radical (unpaired) electrons. The smallest absolute Gasteiger partial charge is 0.247 e. The molecular formula is C31H38N8O3. The minimum Gasteiger partial charge on any atom is -0.489 e. The second kappa shape index (κ2) is 14.3. The molecule has 0 atom stereocenters. The summed E-state index contributed by atoms with van der Waals surface area (Å²) in [6.45, 7) is 9.99. The Morgan fingerprint density at radius 1 is 1.21 bits per heavy atom. The number of para-hydroxylation sites is 2. The normalized spacial score (nSPS) is 13.5. The molecule has 1 aromatic heterocycles. The molecule has 1 amide bonds. The first-order valence-corrected chi connectivity index (χ1v) is 14.0. The Morgan fingerprint density at radius 2 is 1.98 bits per heavy atom. The SMILES string of the molecule is C=CC(=O)Nc1cc(N2CCC(N(C)CCO)CC2)ccc1Nc1ncc(C#N)c(Nc2ccccc2OC(C)C)n1. The Kier molecular flexibility index (Phi) is 10.3. The molecule has 0 saturated carbocycles. The van der Waals surface area contributed by atoms with E-state index < -0.39 is 0 Å². The molecule has 2 heterocycles. The molecule has 4 N–H and O–H groups in total. The van der Waals surface area contributed by atoms with Crippen LogP contribution < -0.4 is 25.6 Å². The predicted molar refractivity (Wildman–Crippen MR) is 166 cm³/mol. The Morgan fingerprint density at radius 3 is 2.67 bits per heavy atom. The number of hydrogen-bond donors (Lipinski definition) is 4. The highest BCUT2D eigenvalue weighted by atomic mass is 16.5. The predicted octanol–water partition coefficient (Wildman–Crippen LogP) is 4.64. The molecule has 11 heteroatoms. The number of ether oxygens (including phenoxy) is 1. The quantitative estimate of drug-likeness (QED) is 0.228. The van der Waals surface area contributed by atoms with Crippen LogP contribution >= 0.6 is 0 Å². The highest BCUT2D eigenvalue weighted by molar-refractivity contribution is 6.02. The summed E-state index contributed by atoms with van der Waals surface area (Å²) in [6, 6.07) is 15.8. The third kappa shape index (κ3) is 7.75. The fourth-order valence-corrected chi connectivity index (χ4v) is 4.82. The molecule has 1 saturated heterocycles. The summed E-state index contributed by atoms with van der Waals surface area (Å²) in [5, 5.41) is 28.2. The van der Waals surface area contributed by atoms with Crippen LogP contribution in [0.5, 0.6) is 5.75 Å². The zero-order chi connectivity index (χ0) is 30.1. The van der Waals surface area contributed by atoms with Crippen LogP contribution in [0.3, 0.4) is 0 Å². The lowest BCUT2D eigenvalue weighted by atomic mass is 10.0. The van der Waals surface area contributed by atoms with Crippen LogP contribution in [0.1, 0.15) is 32.3 Å². The number of anilines is 6. The van der Waals surface area contributed by atoms with Gasteiger partial charge in [-0.05, 0) is 70.1 Å². The minimum atomic E-state index is -0.343. The highest BCUT2D eigenvalue weighted by Gasteiger charge is 2.23. The van der Waals surface area contributed by atoms with Crippen molar-refractivity contribution in [3.63, 3.8) is 0 Å². The van der Waals surface area contributed by atoms with E-state index in [0.29, 0.717) is 41.2 Å². The van der Waals surface area contributed by atoms with Gasteiger partial charge < -0.3 is 35.6 Å². The average molecular weight is 571 g/mol. The molecular weight excluding hydrogens is 532 g/mol.